The summed E-state index contributed by atoms with van der Waals surface area (Å²) in [5, 5.41) is 24.5. The van der Waals surface area contributed by atoms with Crippen LogP contribution in [0, 0.1) is 5.92 Å². The number of nitrogens with one attached hydrogen (secondary N) is 2. The van der Waals surface area contributed by atoms with E-state index in [9.17, 15) is 24.6 Å². The Morgan fingerprint density at radius 3 is 2.44 bits per heavy atom. The topological polar surface area (TPSA) is 129 Å². The summed E-state index contributed by atoms with van der Waals surface area (Å²) in [6.07, 6.45) is -0.173. The van der Waals surface area contributed by atoms with Gasteiger partial charge in [0.1, 0.15) is 12.1 Å². The first kappa shape index (κ1) is 21.1. The van der Waals surface area contributed by atoms with E-state index in [1.165, 1.54) is 11.3 Å². The van der Waals surface area contributed by atoms with Gasteiger partial charge in [0.15, 0.2) is 5.13 Å². The lowest BCUT2D eigenvalue weighted by atomic mass is 10.0. The van der Waals surface area contributed by atoms with Crippen LogP contribution in [0.15, 0.2) is 18.2 Å². The minimum atomic E-state index is -1.33. The highest BCUT2D eigenvalue weighted by Gasteiger charge is 2.28. The number of carboxylic acid groups (broad SMARTS) is 2. The molecular formula is C17H20ClN3O5S. The maximum atomic E-state index is 12.2. The van der Waals surface area contributed by atoms with Gasteiger partial charge in [0.25, 0.3) is 0 Å². The first-order valence-corrected chi connectivity index (χ1v) is 9.42. The lowest BCUT2D eigenvalue weighted by molar-refractivity contribution is -0.144. The van der Waals surface area contributed by atoms with Crippen LogP contribution in [0.4, 0.5) is 5.13 Å². The number of hydrogen-bond donors (Lipinski definition) is 4. The van der Waals surface area contributed by atoms with Crippen molar-refractivity contribution in [1.82, 2.24) is 10.3 Å². The average Bonchev–Trinajstić information content (AvgIpc) is 2.93. The lowest BCUT2D eigenvalue weighted by Crippen LogP contribution is -2.49. The number of amides is 1. The fourth-order valence-electron chi connectivity index (χ4n) is 2.48. The molecule has 1 heterocycles. The summed E-state index contributed by atoms with van der Waals surface area (Å²) in [4.78, 5) is 39.2. The second-order valence-corrected chi connectivity index (χ2v) is 7.93. The predicted octanol–water partition coefficient (Wildman–Crippen LogP) is 2.82. The third-order valence-corrected chi connectivity index (χ3v) is 4.86. The molecule has 1 aromatic heterocycles. The van der Waals surface area contributed by atoms with E-state index in [2.05, 4.69) is 15.6 Å². The number of halogens is 1. The molecular weight excluding hydrogens is 394 g/mol. The molecule has 0 saturated carbocycles. The van der Waals surface area contributed by atoms with Crippen molar-refractivity contribution in [2.75, 3.05) is 5.32 Å². The molecule has 1 unspecified atom stereocenters. The molecule has 0 aliphatic heterocycles. The van der Waals surface area contributed by atoms with E-state index in [-0.39, 0.29) is 12.3 Å². The Bertz CT molecular complexity index is 854. The zero-order valence-corrected chi connectivity index (χ0v) is 16.3. The smallest absolute Gasteiger partial charge is 0.321 e. The van der Waals surface area contributed by atoms with Crippen molar-refractivity contribution < 1.29 is 24.6 Å². The van der Waals surface area contributed by atoms with Gasteiger partial charge in [-0.2, -0.15) is 0 Å². The lowest BCUT2D eigenvalue weighted by Gasteiger charge is -2.21. The molecule has 8 nitrogen and oxygen atoms in total. The molecule has 1 amide bonds. The highest BCUT2D eigenvalue weighted by atomic mass is 35.5. The SMILES string of the molecule is CC(C)C[C@H](NC(CC(=O)Nc1nc2ccc(Cl)cc2s1)C(=O)O)C(=O)O. The predicted molar refractivity (Wildman–Crippen MR) is 103 cm³/mol. The molecule has 0 aliphatic rings. The van der Waals surface area contributed by atoms with Crippen molar-refractivity contribution in [2.24, 2.45) is 5.92 Å². The second-order valence-electron chi connectivity index (χ2n) is 6.46. The molecule has 1 aromatic carbocycles. The van der Waals surface area contributed by atoms with E-state index >= 15 is 0 Å². The maximum absolute atomic E-state index is 12.2. The minimum absolute atomic E-state index is 0.0523. The van der Waals surface area contributed by atoms with E-state index in [0.717, 1.165) is 4.70 Å². The highest BCUT2D eigenvalue weighted by molar-refractivity contribution is 7.22. The molecule has 0 radical (unpaired) electrons. The monoisotopic (exact) mass is 413 g/mol. The van der Waals surface area contributed by atoms with Gasteiger partial charge in [-0.1, -0.05) is 36.8 Å². The summed E-state index contributed by atoms with van der Waals surface area (Å²) in [6.45, 7) is 3.67. The van der Waals surface area contributed by atoms with Gasteiger partial charge in [0.2, 0.25) is 5.91 Å². The number of aliphatic carboxylic acids is 2. The zero-order valence-electron chi connectivity index (χ0n) is 14.7. The standard InChI is InChI=1S/C17H20ClN3O5S/c1-8(2)5-11(15(23)24)19-12(16(25)26)7-14(22)21-17-20-10-4-3-9(18)6-13(10)27-17/h3-4,6,8,11-12,19H,5,7H2,1-2H3,(H,23,24)(H,25,26)(H,20,21,22)/t11-,12?/m0/s1. The van der Waals surface area contributed by atoms with E-state index < -0.39 is 36.4 Å². The van der Waals surface area contributed by atoms with Gasteiger partial charge in [0.05, 0.1) is 16.6 Å². The highest BCUT2D eigenvalue weighted by Crippen LogP contribution is 2.28. The summed E-state index contributed by atoms with van der Waals surface area (Å²) < 4.78 is 0.786. The molecule has 0 bridgehead atoms. The Labute approximate surface area is 164 Å². The number of carbonyl (C=O) groups excluding carboxylic acids is 1. The van der Waals surface area contributed by atoms with Crippen LogP contribution in [0.25, 0.3) is 10.2 Å². The third kappa shape index (κ3) is 6.16. The van der Waals surface area contributed by atoms with Gasteiger partial charge in [-0.25, -0.2) is 4.98 Å². The van der Waals surface area contributed by atoms with Crippen LogP contribution < -0.4 is 10.6 Å². The molecule has 2 rings (SSSR count). The Kier molecular flexibility index (Phi) is 7.11. The number of carbonyl (C=O) groups is 3. The summed E-state index contributed by atoms with van der Waals surface area (Å²) in [7, 11) is 0. The van der Waals surface area contributed by atoms with Crippen molar-refractivity contribution >= 4 is 56.1 Å². The Balaban J connectivity index is 2.04. The fourth-order valence-corrected chi connectivity index (χ4v) is 3.64. The molecule has 10 heteroatoms. The van der Waals surface area contributed by atoms with E-state index in [1.54, 1.807) is 18.2 Å². The largest absolute Gasteiger partial charge is 0.480 e. The van der Waals surface area contributed by atoms with Gasteiger partial charge in [0, 0.05) is 5.02 Å². The zero-order chi connectivity index (χ0) is 20.1. The molecule has 0 aliphatic carbocycles. The van der Waals surface area contributed by atoms with Crippen molar-refractivity contribution in [3.63, 3.8) is 0 Å². The normalized spacial score (nSPS) is 13.5. The summed E-state index contributed by atoms with van der Waals surface area (Å²) in [5.74, 6) is -2.97. The van der Waals surface area contributed by atoms with E-state index in [1.807, 2.05) is 13.8 Å². The van der Waals surface area contributed by atoms with Gasteiger partial charge in [-0.05, 0) is 30.5 Å². The number of carboxylic acids is 2. The van der Waals surface area contributed by atoms with Gasteiger partial charge in [-0.15, -0.1) is 0 Å². The van der Waals surface area contributed by atoms with Crippen molar-refractivity contribution in [3.05, 3.63) is 23.2 Å². The van der Waals surface area contributed by atoms with E-state index in [4.69, 9.17) is 11.6 Å². The number of aromatic nitrogens is 1. The van der Waals surface area contributed by atoms with Crippen molar-refractivity contribution in [1.29, 1.82) is 0 Å². The number of thiazole rings is 1. The number of benzene rings is 1. The number of fused-ring (bicyclic) bond motifs is 1. The fraction of sp³-hybridized carbons (Fsp3) is 0.412. The quantitative estimate of drug-likeness (QED) is 0.497. The van der Waals surface area contributed by atoms with Crippen LogP contribution >= 0.6 is 22.9 Å². The number of nitrogens with zero attached hydrogens (tertiary/aromatic N) is 1. The number of anilines is 1. The third-order valence-electron chi connectivity index (χ3n) is 3.69. The maximum Gasteiger partial charge on any atom is 0.321 e. The van der Waals surface area contributed by atoms with Crippen LogP contribution in [0.3, 0.4) is 0 Å². The van der Waals surface area contributed by atoms with Crippen LogP contribution in [-0.4, -0.2) is 45.1 Å². The molecule has 27 heavy (non-hydrogen) atoms. The molecule has 2 atom stereocenters. The van der Waals surface area contributed by atoms with Crippen LogP contribution in [-0.2, 0) is 14.4 Å². The molecule has 0 fully saturated rings. The molecule has 0 spiro atoms. The summed E-state index contributed by atoms with van der Waals surface area (Å²) in [6, 6.07) is 2.74. The van der Waals surface area contributed by atoms with E-state index in [0.29, 0.717) is 15.7 Å². The molecule has 146 valence electrons. The Morgan fingerprint density at radius 1 is 1.19 bits per heavy atom. The van der Waals surface area contributed by atoms with Gasteiger partial charge >= 0.3 is 11.9 Å². The average molecular weight is 414 g/mol. The summed E-state index contributed by atoms with van der Waals surface area (Å²) >= 11 is 7.13. The van der Waals surface area contributed by atoms with Crippen LogP contribution in [0.2, 0.25) is 5.02 Å². The van der Waals surface area contributed by atoms with Crippen LogP contribution in [0.1, 0.15) is 26.7 Å². The van der Waals surface area contributed by atoms with Crippen molar-refractivity contribution in [2.45, 2.75) is 38.8 Å². The first-order valence-electron chi connectivity index (χ1n) is 8.23. The minimum Gasteiger partial charge on any atom is -0.480 e. The van der Waals surface area contributed by atoms with Gasteiger partial charge in [-0.3, -0.25) is 19.7 Å². The van der Waals surface area contributed by atoms with Crippen LogP contribution in [0.5, 0.6) is 0 Å². The first-order chi connectivity index (χ1) is 12.7. The second kappa shape index (κ2) is 9.12. The molecule has 2 aromatic rings. The molecule has 4 N–H and O–H groups in total. The Morgan fingerprint density at radius 2 is 1.85 bits per heavy atom. The van der Waals surface area contributed by atoms with Gasteiger partial charge < -0.3 is 15.5 Å². The number of hydrogen-bond acceptors (Lipinski definition) is 6. The molecule has 0 saturated heterocycles. The Hall–Kier alpha value is -2.23. The summed E-state index contributed by atoms with van der Waals surface area (Å²) in [5.41, 5.74) is 0.662. The number of rotatable bonds is 9. The van der Waals surface area contributed by atoms with Crippen molar-refractivity contribution in [3.8, 4) is 0 Å².